The molecule has 1 amide bonds. The maximum atomic E-state index is 13.5. The van der Waals surface area contributed by atoms with Crippen molar-refractivity contribution in [3.8, 4) is 11.5 Å². The third kappa shape index (κ3) is 4.69. The van der Waals surface area contributed by atoms with E-state index in [9.17, 15) is 4.79 Å². The molecule has 0 N–H and O–H groups in total. The number of methoxy groups -OCH3 is 2. The number of amidine groups is 1. The Balaban J connectivity index is 1.65. The Morgan fingerprint density at radius 1 is 1.00 bits per heavy atom. The Morgan fingerprint density at radius 2 is 1.70 bits per heavy atom. The number of aliphatic imine (C=N–C) groups is 1. The fraction of sp³-hybridized carbons (Fsp3) is 0.583. The van der Waals surface area contributed by atoms with Gasteiger partial charge in [0.1, 0.15) is 11.5 Å². The second kappa shape index (κ2) is 9.90. The van der Waals surface area contributed by atoms with Crippen molar-refractivity contribution >= 4 is 28.9 Å². The highest BCUT2D eigenvalue weighted by atomic mass is 32.2. The van der Waals surface area contributed by atoms with Gasteiger partial charge in [-0.2, -0.15) is 0 Å². The second-order valence-corrected chi connectivity index (χ2v) is 9.40. The lowest BCUT2D eigenvalue weighted by atomic mass is 9.94. The molecule has 0 spiro atoms. The van der Waals surface area contributed by atoms with E-state index in [1.807, 2.05) is 29.2 Å². The van der Waals surface area contributed by atoms with Gasteiger partial charge < -0.3 is 9.47 Å². The highest BCUT2D eigenvalue weighted by Crippen LogP contribution is 2.39. The van der Waals surface area contributed by atoms with Crippen LogP contribution in [0.3, 0.4) is 0 Å². The van der Waals surface area contributed by atoms with Gasteiger partial charge in [0.05, 0.1) is 25.2 Å². The fourth-order valence-electron chi connectivity index (χ4n) is 4.68. The molecule has 4 rings (SSSR count). The summed E-state index contributed by atoms with van der Waals surface area (Å²) >= 11 is 1.54. The van der Waals surface area contributed by atoms with E-state index in [0.29, 0.717) is 11.8 Å². The van der Waals surface area contributed by atoms with Crippen molar-refractivity contribution in [3.63, 3.8) is 0 Å². The summed E-state index contributed by atoms with van der Waals surface area (Å²) < 4.78 is 10.8. The number of hydrogen-bond acceptors (Lipinski definition) is 5. The zero-order chi connectivity index (χ0) is 20.9. The normalized spacial score (nSPS) is 24.1. The summed E-state index contributed by atoms with van der Waals surface area (Å²) in [5.74, 6) is 1.54. The van der Waals surface area contributed by atoms with E-state index in [2.05, 4.69) is 0 Å². The molecule has 2 saturated carbocycles. The lowest BCUT2D eigenvalue weighted by molar-refractivity contribution is -0.124. The number of nitrogens with zero attached hydrogens (tertiary/aromatic N) is 2. The Labute approximate surface area is 183 Å². The van der Waals surface area contributed by atoms with Crippen LogP contribution in [0.2, 0.25) is 0 Å². The van der Waals surface area contributed by atoms with Gasteiger partial charge in [0.15, 0.2) is 5.17 Å². The summed E-state index contributed by atoms with van der Waals surface area (Å²) in [5, 5.41) is 0.914. The van der Waals surface area contributed by atoms with Crippen LogP contribution in [0.1, 0.15) is 69.8 Å². The summed E-state index contributed by atoms with van der Waals surface area (Å²) in [6, 6.07) is 6.33. The van der Waals surface area contributed by atoms with Crippen LogP contribution in [0.15, 0.2) is 28.1 Å². The highest BCUT2D eigenvalue weighted by Gasteiger charge is 2.39. The molecule has 3 fully saturated rings. The minimum absolute atomic E-state index is 0.0966. The predicted molar refractivity (Wildman–Crippen MR) is 123 cm³/mol. The van der Waals surface area contributed by atoms with Crippen LogP contribution in [0.25, 0.3) is 6.08 Å². The van der Waals surface area contributed by atoms with Crippen LogP contribution in [-0.2, 0) is 4.79 Å². The number of carbonyl (C=O) groups is 1. The number of benzene rings is 1. The third-order valence-corrected chi connectivity index (χ3v) is 7.37. The Morgan fingerprint density at radius 3 is 2.37 bits per heavy atom. The minimum atomic E-state index is 0.0966. The third-order valence-electron chi connectivity index (χ3n) is 6.37. The summed E-state index contributed by atoms with van der Waals surface area (Å²) in [4.78, 5) is 21.3. The zero-order valence-corrected chi connectivity index (χ0v) is 18.9. The largest absolute Gasteiger partial charge is 0.497 e. The van der Waals surface area contributed by atoms with Gasteiger partial charge in [0.25, 0.3) is 5.91 Å². The first kappa shape index (κ1) is 21.3. The van der Waals surface area contributed by atoms with Crippen molar-refractivity contribution in [3.05, 3.63) is 28.7 Å². The first-order valence-electron chi connectivity index (χ1n) is 11.2. The molecule has 0 unspecified atom stereocenters. The standard InChI is InChI=1S/C24H32N2O3S/c1-28-20-14-13-17(21(16-20)29-2)15-22-23(27)26(19-11-7-4-8-12-19)24(30-22)25-18-9-5-3-6-10-18/h13-16,18-19H,3-12H2,1-2H3. The summed E-state index contributed by atoms with van der Waals surface area (Å²) in [5.41, 5.74) is 0.886. The van der Waals surface area contributed by atoms with Crippen LogP contribution in [0.4, 0.5) is 0 Å². The Hall–Kier alpha value is -1.95. The van der Waals surface area contributed by atoms with E-state index < -0.39 is 0 Å². The van der Waals surface area contributed by atoms with Crippen molar-refractivity contribution in [1.29, 1.82) is 0 Å². The van der Waals surface area contributed by atoms with Gasteiger partial charge in [0, 0.05) is 17.7 Å². The molecule has 2 aliphatic carbocycles. The summed E-state index contributed by atoms with van der Waals surface area (Å²) in [6.45, 7) is 0. The van der Waals surface area contributed by atoms with Crippen LogP contribution in [0.5, 0.6) is 11.5 Å². The van der Waals surface area contributed by atoms with Crippen molar-refractivity contribution in [2.75, 3.05) is 14.2 Å². The Kier molecular flexibility index (Phi) is 7.03. The molecule has 1 heterocycles. The van der Waals surface area contributed by atoms with Gasteiger partial charge in [-0.05, 0) is 55.7 Å². The molecule has 3 aliphatic rings. The fourth-order valence-corrected chi connectivity index (χ4v) is 5.78. The van der Waals surface area contributed by atoms with Gasteiger partial charge >= 0.3 is 0 Å². The SMILES string of the molecule is COc1ccc(C=C2SC(=NC3CCCCC3)N(C3CCCCC3)C2=O)c(OC)c1. The first-order valence-corrected chi connectivity index (χ1v) is 12.0. The Bertz CT molecular complexity index is 824. The molecule has 1 aromatic carbocycles. The molecule has 0 aromatic heterocycles. The van der Waals surface area contributed by atoms with Crippen molar-refractivity contribution in [2.24, 2.45) is 4.99 Å². The van der Waals surface area contributed by atoms with Crippen molar-refractivity contribution in [2.45, 2.75) is 76.3 Å². The second-order valence-electron chi connectivity index (χ2n) is 8.39. The minimum Gasteiger partial charge on any atom is -0.497 e. The first-order chi connectivity index (χ1) is 14.7. The predicted octanol–water partition coefficient (Wildman–Crippen LogP) is 5.64. The molecule has 5 nitrogen and oxygen atoms in total. The summed E-state index contributed by atoms with van der Waals surface area (Å²) in [6.07, 6.45) is 13.8. The van der Waals surface area contributed by atoms with Gasteiger partial charge in [-0.1, -0.05) is 38.5 Å². The molecule has 30 heavy (non-hydrogen) atoms. The maximum absolute atomic E-state index is 13.5. The van der Waals surface area contributed by atoms with Gasteiger partial charge in [-0.3, -0.25) is 14.7 Å². The molecule has 162 valence electrons. The van der Waals surface area contributed by atoms with Crippen LogP contribution < -0.4 is 9.47 Å². The summed E-state index contributed by atoms with van der Waals surface area (Å²) in [7, 11) is 3.28. The zero-order valence-electron chi connectivity index (χ0n) is 18.1. The quantitative estimate of drug-likeness (QED) is 0.569. The number of thioether (sulfide) groups is 1. The number of ether oxygens (including phenoxy) is 2. The lowest BCUT2D eigenvalue weighted by Crippen LogP contribution is -2.41. The van der Waals surface area contributed by atoms with Crippen molar-refractivity contribution < 1.29 is 14.3 Å². The smallest absolute Gasteiger partial charge is 0.267 e. The average molecular weight is 429 g/mol. The molecule has 0 atom stereocenters. The van der Waals surface area contributed by atoms with E-state index >= 15 is 0 Å². The van der Waals surface area contributed by atoms with E-state index in [1.54, 1.807) is 14.2 Å². The average Bonchev–Trinajstić information content (AvgIpc) is 3.09. The number of rotatable bonds is 5. The van der Waals surface area contributed by atoms with Gasteiger partial charge in [0.2, 0.25) is 0 Å². The monoisotopic (exact) mass is 428 g/mol. The highest BCUT2D eigenvalue weighted by molar-refractivity contribution is 8.18. The van der Waals surface area contributed by atoms with Crippen LogP contribution in [-0.4, -0.2) is 42.3 Å². The van der Waals surface area contributed by atoms with Gasteiger partial charge in [-0.25, -0.2) is 0 Å². The van der Waals surface area contributed by atoms with Crippen LogP contribution in [0, 0.1) is 0 Å². The molecule has 1 aliphatic heterocycles. The molecule has 0 bridgehead atoms. The topological polar surface area (TPSA) is 51.1 Å². The lowest BCUT2D eigenvalue weighted by Gasteiger charge is -2.31. The molecular formula is C24H32N2O3S. The number of carbonyl (C=O) groups excluding carboxylic acids is 1. The van der Waals surface area contributed by atoms with E-state index in [0.717, 1.165) is 47.1 Å². The molecule has 1 saturated heterocycles. The molecular weight excluding hydrogens is 396 g/mol. The molecule has 6 heteroatoms. The maximum Gasteiger partial charge on any atom is 0.267 e. The van der Waals surface area contributed by atoms with Crippen LogP contribution >= 0.6 is 11.8 Å². The van der Waals surface area contributed by atoms with E-state index in [4.69, 9.17) is 14.5 Å². The molecule has 0 radical (unpaired) electrons. The van der Waals surface area contributed by atoms with E-state index in [1.165, 1.54) is 50.3 Å². The number of amides is 1. The van der Waals surface area contributed by atoms with Crippen molar-refractivity contribution in [1.82, 2.24) is 4.90 Å². The molecule has 1 aromatic rings. The van der Waals surface area contributed by atoms with Gasteiger partial charge in [-0.15, -0.1) is 0 Å². The van der Waals surface area contributed by atoms with E-state index in [-0.39, 0.29) is 11.9 Å². The number of hydrogen-bond donors (Lipinski definition) is 0.